The Kier molecular flexibility index (Phi) is 8.09. The fourth-order valence-corrected chi connectivity index (χ4v) is 5.63. The lowest BCUT2D eigenvalue weighted by atomic mass is 10.0. The van der Waals surface area contributed by atoms with Crippen LogP contribution in [-0.2, 0) is 16.0 Å². The van der Waals surface area contributed by atoms with Crippen LogP contribution in [0.5, 0.6) is 17.2 Å². The van der Waals surface area contributed by atoms with Crippen molar-refractivity contribution in [3.8, 4) is 17.2 Å². The van der Waals surface area contributed by atoms with Crippen LogP contribution in [0, 0.1) is 5.82 Å². The van der Waals surface area contributed by atoms with E-state index in [9.17, 15) is 14.0 Å². The first kappa shape index (κ1) is 26.0. The molecule has 2 amide bonds. The molecular weight excluding hydrogens is 511 g/mol. The predicted molar refractivity (Wildman–Crippen MR) is 139 cm³/mol. The largest absolute Gasteiger partial charge is 0.491 e. The van der Waals surface area contributed by atoms with E-state index in [0.29, 0.717) is 48.9 Å². The first-order valence-corrected chi connectivity index (χ1v) is 13.3. The number of rotatable bonds is 10. The van der Waals surface area contributed by atoms with Crippen molar-refractivity contribution in [3.05, 3.63) is 75.7 Å². The molecule has 0 N–H and O–H groups in total. The molecule has 0 aliphatic carbocycles. The first-order chi connectivity index (χ1) is 18.5. The number of thiophene rings is 1. The van der Waals surface area contributed by atoms with Gasteiger partial charge in [-0.05, 0) is 72.3 Å². The molecule has 3 heterocycles. The number of fused-ring (bicyclic) bond motifs is 2. The van der Waals surface area contributed by atoms with E-state index in [0.717, 1.165) is 12.0 Å². The van der Waals surface area contributed by atoms with Crippen molar-refractivity contribution in [1.82, 2.24) is 9.80 Å². The average molecular weight is 541 g/mol. The van der Waals surface area contributed by atoms with E-state index >= 15 is 0 Å². The number of halogens is 1. The highest BCUT2D eigenvalue weighted by molar-refractivity contribution is 7.10. The van der Waals surface area contributed by atoms with E-state index in [1.54, 1.807) is 58.6 Å². The van der Waals surface area contributed by atoms with E-state index in [1.807, 2.05) is 11.4 Å². The van der Waals surface area contributed by atoms with Gasteiger partial charge in [-0.15, -0.1) is 11.3 Å². The second kappa shape index (κ2) is 11.8. The summed E-state index contributed by atoms with van der Waals surface area (Å²) in [5.41, 5.74) is 1.47. The molecule has 38 heavy (non-hydrogen) atoms. The summed E-state index contributed by atoms with van der Waals surface area (Å²) in [4.78, 5) is 31.8. The Balaban J connectivity index is 1.33. The Labute approximate surface area is 224 Å². The zero-order chi connectivity index (χ0) is 26.5. The molecule has 1 unspecified atom stereocenters. The highest BCUT2D eigenvalue weighted by atomic mass is 32.1. The maximum absolute atomic E-state index is 13.7. The molecule has 0 spiro atoms. The standard InChI is InChI=1S/C28H29FN2O6S/c1-34-13-2-11-30(28(33)19-3-8-24-25(15-19)37-18-36-24)16-27(32)31-12-9-26-22(10-14-38-26)23(31)17-35-21-6-4-20(29)5-7-21/h3-8,10,14-15,23H,2,9,11-13,16-18H2,1H3. The van der Waals surface area contributed by atoms with Crippen LogP contribution in [0.15, 0.2) is 53.9 Å². The highest BCUT2D eigenvalue weighted by Gasteiger charge is 2.34. The number of ether oxygens (including phenoxy) is 4. The van der Waals surface area contributed by atoms with Gasteiger partial charge >= 0.3 is 0 Å². The number of hydrogen-bond acceptors (Lipinski definition) is 7. The van der Waals surface area contributed by atoms with Gasteiger partial charge in [-0.25, -0.2) is 4.39 Å². The molecule has 0 saturated heterocycles. The van der Waals surface area contributed by atoms with Crippen LogP contribution in [0.3, 0.4) is 0 Å². The maximum atomic E-state index is 13.7. The van der Waals surface area contributed by atoms with Crippen molar-refractivity contribution in [2.24, 2.45) is 0 Å². The molecule has 2 aliphatic heterocycles. The van der Waals surface area contributed by atoms with E-state index in [2.05, 4.69) is 0 Å². The van der Waals surface area contributed by atoms with Crippen LogP contribution in [0.25, 0.3) is 0 Å². The van der Waals surface area contributed by atoms with E-state index < -0.39 is 0 Å². The summed E-state index contributed by atoms with van der Waals surface area (Å²) < 4.78 is 35.3. The number of carbonyl (C=O) groups is 2. The molecule has 0 radical (unpaired) electrons. The van der Waals surface area contributed by atoms with Gasteiger partial charge in [-0.2, -0.15) is 0 Å². The Morgan fingerprint density at radius 3 is 2.76 bits per heavy atom. The Hall–Kier alpha value is -3.63. The highest BCUT2D eigenvalue weighted by Crippen LogP contribution is 2.35. The van der Waals surface area contributed by atoms with E-state index in [-0.39, 0.29) is 43.6 Å². The zero-order valence-electron chi connectivity index (χ0n) is 21.1. The summed E-state index contributed by atoms with van der Waals surface area (Å²) >= 11 is 1.66. The van der Waals surface area contributed by atoms with Crippen molar-refractivity contribution in [3.63, 3.8) is 0 Å². The summed E-state index contributed by atoms with van der Waals surface area (Å²) in [6.45, 7) is 1.61. The molecule has 2 aliphatic rings. The maximum Gasteiger partial charge on any atom is 0.254 e. The normalized spacial score (nSPS) is 15.7. The molecule has 10 heteroatoms. The SMILES string of the molecule is COCCCN(CC(=O)N1CCc2sccc2C1COc1ccc(F)cc1)C(=O)c1ccc2c(c1)OCO2. The second-order valence-electron chi connectivity index (χ2n) is 9.06. The van der Waals surface area contributed by atoms with Crippen LogP contribution in [0.2, 0.25) is 0 Å². The van der Waals surface area contributed by atoms with Gasteiger partial charge in [0.05, 0.1) is 6.04 Å². The average Bonchev–Trinajstić information content (AvgIpc) is 3.61. The number of methoxy groups -OCH3 is 1. The molecule has 3 aromatic rings. The molecule has 0 saturated carbocycles. The van der Waals surface area contributed by atoms with Crippen LogP contribution < -0.4 is 14.2 Å². The van der Waals surface area contributed by atoms with Crippen LogP contribution >= 0.6 is 11.3 Å². The monoisotopic (exact) mass is 540 g/mol. The van der Waals surface area contributed by atoms with Crippen LogP contribution in [-0.4, -0.2) is 68.4 Å². The Morgan fingerprint density at radius 2 is 1.95 bits per heavy atom. The van der Waals surface area contributed by atoms with E-state index in [4.69, 9.17) is 18.9 Å². The third kappa shape index (κ3) is 5.76. The summed E-state index contributed by atoms with van der Waals surface area (Å²) in [6, 6.07) is 12.6. The topological polar surface area (TPSA) is 77.5 Å². The predicted octanol–water partition coefficient (Wildman–Crippen LogP) is 4.30. The van der Waals surface area contributed by atoms with Gasteiger partial charge in [0.25, 0.3) is 5.91 Å². The van der Waals surface area contributed by atoms with Gasteiger partial charge in [0, 0.05) is 37.2 Å². The number of benzene rings is 2. The Morgan fingerprint density at radius 1 is 1.13 bits per heavy atom. The minimum Gasteiger partial charge on any atom is -0.491 e. The molecule has 1 aromatic heterocycles. The quantitative estimate of drug-likeness (QED) is 0.357. The number of nitrogens with zero attached hydrogens (tertiary/aromatic N) is 2. The smallest absolute Gasteiger partial charge is 0.254 e. The van der Waals surface area contributed by atoms with Crippen LogP contribution in [0.1, 0.15) is 33.3 Å². The van der Waals surface area contributed by atoms with Gasteiger partial charge in [-0.3, -0.25) is 9.59 Å². The first-order valence-electron chi connectivity index (χ1n) is 12.5. The van der Waals surface area contributed by atoms with Gasteiger partial charge in [-0.1, -0.05) is 0 Å². The van der Waals surface area contributed by atoms with Crippen molar-refractivity contribution in [2.45, 2.75) is 18.9 Å². The molecule has 8 nitrogen and oxygen atoms in total. The molecule has 200 valence electrons. The molecule has 0 fully saturated rings. The minimum absolute atomic E-state index is 0.0799. The summed E-state index contributed by atoms with van der Waals surface area (Å²) in [5, 5.41) is 2.02. The Bertz CT molecular complexity index is 1280. The molecular formula is C28H29FN2O6S. The van der Waals surface area contributed by atoms with Gasteiger partial charge in [0.15, 0.2) is 11.5 Å². The molecule has 1 atom stereocenters. The summed E-state index contributed by atoms with van der Waals surface area (Å²) in [6.07, 6.45) is 1.33. The fraction of sp³-hybridized carbons (Fsp3) is 0.357. The zero-order valence-corrected chi connectivity index (χ0v) is 21.9. The second-order valence-corrected chi connectivity index (χ2v) is 10.1. The lowest BCUT2D eigenvalue weighted by molar-refractivity contribution is -0.135. The van der Waals surface area contributed by atoms with Crippen molar-refractivity contribution < 1.29 is 32.9 Å². The molecule has 0 bridgehead atoms. The number of carbonyl (C=O) groups excluding carboxylic acids is 2. The lowest BCUT2D eigenvalue weighted by Gasteiger charge is -2.37. The number of hydrogen-bond donors (Lipinski definition) is 0. The fourth-order valence-electron chi connectivity index (χ4n) is 4.70. The van der Waals surface area contributed by atoms with Gasteiger partial charge in [0.2, 0.25) is 12.7 Å². The van der Waals surface area contributed by atoms with Crippen molar-refractivity contribution in [2.75, 3.05) is 46.8 Å². The van der Waals surface area contributed by atoms with Crippen molar-refractivity contribution >= 4 is 23.2 Å². The van der Waals surface area contributed by atoms with Crippen molar-refractivity contribution in [1.29, 1.82) is 0 Å². The van der Waals surface area contributed by atoms with E-state index in [1.165, 1.54) is 17.0 Å². The summed E-state index contributed by atoms with van der Waals surface area (Å²) in [7, 11) is 1.60. The van der Waals surface area contributed by atoms with Gasteiger partial charge < -0.3 is 28.7 Å². The lowest BCUT2D eigenvalue weighted by Crippen LogP contribution is -2.48. The molecule has 5 rings (SSSR count). The molecule has 2 aromatic carbocycles. The summed E-state index contributed by atoms with van der Waals surface area (Å²) in [5.74, 6) is 0.861. The third-order valence-electron chi connectivity index (χ3n) is 6.65. The van der Waals surface area contributed by atoms with Crippen LogP contribution in [0.4, 0.5) is 4.39 Å². The number of amides is 2. The van der Waals surface area contributed by atoms with Gasteiger partial charge in [0.1, 0.15) is 24.7 Å². The third-order valence-corrected chi connectivity index (χ3v) is 7.64. The minimum atomic E-state index is -0.340.